The molecule has 2 bridgehead atoms. The summed E-state index contributed by atoms with van der Waals surface area (Å²) in [6, 6.07) is 6.00. The number of hydrogen-bond donors (Lipinski definition) is 0. The monoisotopic (exact) mass is 283 g/mol. The maximum absolute atomic E-state index is 12.8. The number of alkyl halides is 3. The van der Waals surface area contributed by atoms with Crippen LogP contribution in [0.4, 0.5) is 13.2 Å². The van der Waals surface area contributed by atoms with Crippen molar-refractivity contribution in [2.75, 3.05) is 20.3 Å². The largest absolute Gasteiger partial charge is 0.416 e. The van der Waals surface area contributed by atoms with Crippen LogP contribution in [0.1, 0.15) is 17.5 Å². The molecule has 108 valence electrons. The van der Waals surface area contributed by atoms with Gasteiger partial charge in [0, 0.05) is 6.04 Å². The van der Waals surface area contributed by atoms with Gasteiger partial charge in [0.15, 0.2) is 0 Å². The average Bonchev–Trinajstić information content (AvgIpc) is 2.37. The van der Waals surface area contributed by atoms with Gasteiger partial charge in [0.25, 0.3) is 0 Å². The zero-order valence-electron chi connectivity index (χ0n) is 11.2. The molecule has 3 rings (SSSR count). The Morgan fingerprint density at radius 3 is 2.75 bits per heavy atom. The fourth-order valence-corrected chi connectivity index (χ4v) is 2.86. The van der Waals surface area contributed by atoms with Crippen molar-refractivity contribution >= 4 is 5.57 Å². The molecule has 20 heavy (non-hydrogen) atoms. The maximum Gasteiger partial charge on any atom is 0.416 e. The first-order chi connectivity index (χ1) is 9.45. The number of rotatable bonds is 1. The van der Waals surface area contributed by atoms with Gasteiger partial charge in [0.2, 0.25) is 0 Å². The Labute approximate surface area is 115 Å². The molecule has 0 spiro atoms. The Morgan fingerprint density at radius 2 is 2.05 bits per heavy atom. The van der Waals surface area contributed by atoms with Gasteiger partial charge >= 0.3 is 6.18 Å². The predicted octanol–water partition coefficient (Wildman–Crippen LogP) is 3.19. The SMILES string of the molecule is CN1C2C=C(c3cccc(C(F)(F)F)c3)CC1COC2. The summed E-state index contributed by atoms with van der Waals surface area (Å²) in [6.45, 7) is 1.25. The number of likely N-dealkylation sites (N-methyl/N-ethyl adjacent to an activating group) is 1. The highest BCUT2D eigenvalue weighted by atomic mass is 19.4. The molecule has 1 aromatic carbocycles. The first-order valence-electron chi connectivity index (χ1n) is 6.63. The zero-order valence-corrected chi connectivity index (χ0v) is 11.2. The van der Waals surface area contributed by atoms with Gasteiger partial charge in [0.1, 0.15) is 0 Å². The Hall–Kier alpha value is -1.33. The van der Waals surface area contributed by atoms with Gasteiger partial charge < -0.3 is 4.74 Å². The zero-order chi connectivity index (χ0) is 14.3. The van der Waals surface area contributed by atoms with Crippen molar-refractivity contribution in [3.63, 3.8) is 0 Å². The van der Waals surface area contributed by atoms with Crippen LogP contribution >= 0.6 is 0 Å². The van der Waals surface area contributed by atoms with E-state index in [1.165, 1.54) is 12.1 Å². The summed E-state index contributed by atoms with van der Waals surface area (Å²) in [7, 11) is 2.04. The first-order valence-corrected chi connectivity index (χ1v) is 6.63. The van der Waals surface area contributed by atoms with Crippen molar-refractivity contribution in [1.82, 2.24) is 4.90 Å². The summed E-state index contributed by atoms with van der Waals surface area (Å²) in [6.07, 6.45) is -1.53. The lowest BCUT2D eigenvalue weighted by Crippen LogP contribution is -2.51. The van der Waals surface area contributed by atoms with Crippen molar-refractivity contribution in [2.45, 2.75) is 24.7 Å². The molecule has 1 saturated heterocycles. The van der Waals surface area contributed by atoms with E-state index in [1.54, 1.807) is 6.07 Å². The molecule has 5 heteroatoms. The minimum atomic E-state index is -4.29. The molecular weight excluding hydrogens is 267 g/mol. The molecule has 0 aliphatic carbocycles. The second-order valence-electron chi connectivity index (χ2n) is 5.40. The van der Waals surface area contributed by atoms with Gasteiger partial charge in [-0.3, -0.25) is 4.90 Å². The molecule has 1 fully saturated rings. The van der Waals surface area contributed by atoms with Crippen LogP contribution in [0.2, 0.25) is 0 Å². The Balaban J connectivity index is 1.94. The van der Waals surface area contributed by atoms with Crippen LogP contribution in [0.3, 0.4) is 0 Å². The number of morpholine rings is 1. The molecule has 2 heterocycles. The highest BCUT2D eigenvalue weighted by molar-refractivity contribution is 5.68. The van der Waals surface area contributed by atoms with Crippen molar-refractivity contribution < 1.29 is 17.9 Å². The predicted molar refractivity (Wildman–Crippen MR) is 70.2 cm³/mol. The van der Waals surface area contributed by atoms with E-state index >= 15 is 0 Å². The van der Waals surface area contributed by atoms with Crippen LogP contribution in [0.5, 0.6) is 0 Å². The van der Waals surface area contributed by atoms with E-state index in [0.717, 1.165) is 18.1 Å². The molecule has 0 N–H and O–H groups in total. The Kier molecular flexibility index (Phi) is 3.34. The van der Waals surface area contributed by atoms with Crippen molar-refractivity contribution in [3.8, 4) is 0 Å². The molecule has 0 radical (unpaired) electrons. The average molecular weight is 283 g/mol. The summed E-state index contributed by atoms with van der Waals surface area (Å²) in [5.74, 6) is 0. The molecule has 2 aliphatic rings. The van der Waals surface area contributed by atoms with Crippen LogP contribution in [-0.2, 0) is 10.9 Å². The summed E-state index contributed by atoms with van der Waals surface area (Å²) >= 11 is 0. The van der Waals surface area contributed by atoms with Gasteiger partial charge in [-0.05, 0) is 36.7 Å². The van der Waals surface area contributed by atoms with Crippen LogP contribution in [0.15, 0.2) is 30.3 Å². The maximum atomic E-state index is 12.8. The van der Waals surface area contributed by atoms with Gasteiger partial charge in [-0.1, -0.05) is 18.2 Å². The van der Waals surface area contributed by atoms with E-state index < -0.39 is 11.7 Å². The van der Waals surface area contributed by atoms with Gasteiger partial charge in [-0.25, -0.2) is 0 Å². The van der Waals surface area contributed by atoms with Gasteiger partial charge in [0.05, 0.1) is 24.8 Å². The van der Waals surface area contributed by atoms with E-state index in [2.05, 4.69) is 4.90 Å². The van der Waals surface area contributed by atoms with E-state index in [-0.39, 0.29) is 12.1 Å². The molecular formula is C15H16F3NO. The first kappa shape index (κ1) is 13.6. The van der Waals surface area contributed by atoms with Crippen molar-refractivity contribution in [1.29, 1.82) is 0 Å². The Bertz CT molecular complexity index is 538. The molecule has 2 unspecified atom stereocenters. The summed E-state index contributed by atoms with van der Waals surface area (Å²) in [5, 5.41) is 0. The quantitative estimate of drug-likeness (QED) is 0.785. The number of nitrogens with zero attached hydrogens (tertiary/aromatic N) is 1. The second-order valence-corrected chi connectivity index (χ2v) is 5.40. The standard InChI is InChI=1S/C15H16F3NO/c1-19-13-6-11(7-14(19)9-20-8-13)10-3-2-4-12(5-10)15(16,17)18/h2-6,13-14H,7-9H2,1H3. The third-order valence-corrected chi connectivity index (χ3v) is 4.11. The molecule has 0 amide bonds. The number of hydrogen-bond acceptors (Lipinski definition) is 2. The topological polar surface area (TPSA) is 12.5 Å². The van der Waals surface area contributed by atoms with Gasteiger partial charge in [-0.15, -0.1) is 0 Å². The molecule has 0 saturated carbocycles. The Morgan fingerprint density at radius 1 is 1.25 bits per heavy atom. The number of fused-ring (bicyclic) bond motifs is 2. The lowest BCUT2D eigenvalue weighted by Gasteiger charge is -2.42. The van der Waals surface area contributed by atoms with Crippen LogP contribution in [0, 0.1) is 0 Å². The van der Waals surface area contributed by atoms with Gasteiger partial charge in [-0.2, -0.15) is 13.2 Å². The van der Waals surface area contributed by atoms with Crippen LogP contribution in [-0.4, -0.2) is 37.2 Å². The fraction of sp³-hybridized carbons (Fsp3) is 0.467. The van der Waals surface area contributed by atoms with E-state index in [9.17, 15) is 13.2 Å². The molecule has 2 nitrogen and oxygen atoms in total. The normalized spacial score (nSPS) is 27.3. The minimum absolute atomic E-state index is 0.159. The molecule has 2 aliphatic heterocycles. The highest BCUT2D eigenvalue weighted by Crippen LogP contribution is 2.35. The van der Waals surface area contributed by atoms with E-state index in [1.807, 2.05) is 13.1 Å². The third-order valence-electron chi connectivity index (χ3n) is 4.11. The number of ether oxygens (including phenoxy) is 1. The lowest BCUT2D eigenvalue weighted by molar-refractivity contribution is -0.137. The number of halogens is 3. The number of benzene rings is 1. The fourth-order valence-electron chi connectivity index (χ4n) is 2.86. The van der Waals surface area contributed by atoms with Crippen molar-refractivity contribution in [3.05, 3.63) is 41.5 Å². The molecule has 2 atom stereocenters. The second kappa shape index (κ2) is 4.90. The van der Waals surface area contributed by atoms with E-state index in [0.29, 0.717) is 18.8 Å². The minimum Gasteiger partial charge on any atom is -0.378 e. The summed E-state index contributed by atoms with van der Waals surface area (Å²) < 4.78 is 43.8. The van der Waals surface area contributed by atoms with Crippen LogP contribution in [0.25, 0.3) is 5.57 Å². The smallest absolute Gasteiger partial charge is 0.378 e. The van der Waals surface area contributed by atoms with Crippen LogP contribution < -0.4 is 0 Å². The lowest BCUT2D eigenvalue weighted by atomic mass is 9.89. The summed E-state index contributed by atoms with van der Waals surface area (Å²) in [5.41, 5.74) is 1.08. The van der Waals surface area contributed by atoms with E-state index in [4.69, 9.17) is 4.74 Å². The molecule has 1 aromatic rings. The van der Waals surface area contributed by atoms with Crippen molar-refractivity contribution in [2.24, 2.45) is 0 Å². The molecule has 0 aromatic heterocycles. The highest BCUT2D eigenvalue weighted by Gasteiger charge is 2.34. The third kappa shape index (κ3) is 2.47. The summed E-state index contributed by atoms with van der Waals surface area (Å²) in [4.78, 5) is 2.24.